The molecule has 2 heteroatoms. The van der Waals surface area contributed by atoms with Gasteiger partial charge in [-0.2, -0.15) is 0 Å². The van der Waals surface area contributed by atoms with Crippen LogP contribution in [0.3, 0.4) is 0 Å². The zero-order chi connectivity index (χ0) is 11.8. The van der Waals surface area contributed by atoms with E-state index in [0.717, 1.165) is 18.6 Å². The highest BCUT2D eigenvalue weighted by Crippen LogP contribution is 2.20. The second-order valence-corrected chi connectivity index (χ2v) is 4.95. The summed E-state index contributed by atoms with van der Waals surface area (Å²) in [4.78, 5) is 1.33. The third-order valence-electron chi connectivity index (χ3n) is 2.49. The van der Waals surface area contributed by atoms with Crippen molar-refractivity contribution >= 4 is 11.8 Å². The van der Waals surface area contributed by atoms with Gasteiger partial charge in [-0.3, -0.25) is 0 Å². The summed E-state index contributed by atoms with van der Waals surface area (Å²) in [6, 6.07) is 9.11. The molecule has 0 amide bonds. The SMILES string of the molecule is C#CCCC(CSc1cccc(C)c1)NC. The van der Waals surface area contributed by atoms with E-state index in [4.69, 9.17) is 6.42 Å². The highest BCUT2D eigenvalue weighted by atomic mass is 32.2. The zero-order valence-corrected chi connectivity index (χ0v) is 10.8. The first-order valence-corrected chi connectivity index (χ1v) is 6.55. The van der Waals surface area contributed by atoms with Gasteiger partial charge in [0.2, 0.25) is 0 Å². The van der Waals surface area contributed by atoms with Crippen molar-refractivity contribution in [2.75, 3.05) is 12.8 Å². The van der Waals surface area contributed by atoms with E-state index in [1.165, 1.54) is 10.5 Å². The van der Waals surface area contributed by atoms with Crippen molar-refractivity contribution in [3.8, 4) is 12.3 Å². The molecule has 0 saturated heterocycles. The van der Waals surface area contributed by atoms with Gasteiger partial charge in [0, 0.05) is 23.1 Å². The Balaban J connectivity index is 2.40. The van der Waals surface area contributed by atoms with Crippen molar-refractivity contribution in [2.45, 2.75) is 30.7 Å². The predicted octanol–water partition coefficient (Wildman–Crippen LogP) is 3.09. The van der Waals surface area contributed by atoms with E-state index in [-0.39, 0.29) is 0 Å². The molecule has 16 heavy (non-hydrogen) atoms. The molecule has 0 heterocycles. The first-order valence-electron chi connectivity index (χ1n) is 5.56. The molecule has 0 bridgehead atoms. The second kappa shape index (κ2) is 7.38. The normalized spacial score (nSPS) is 12.1. The van der Waals surface area contributed by atoms with E-state index < -0.39 is 0 Å². The first-order chi connectivity index (χ1) is 7.76. The fourth-order valence-corrected chi connectivity index (χ4v) is 2.64. The Hall–Kier alpha value is -0.910. The molecular formula is C14H19NS. The molecule has 86 valence electrons. The highest BCUT2D eigenvalue weighted by Gasteiger charge is 2.05. The molecule has 0 aliphatic rings. The average Bonchev–Trinajstić information content (AvgIpc) is 2.29. The Bertz CT molecular complexity index is 354. The van der Waals surface area contributed by atoms with Crippen LogP contribution in [0.15, 0.2) is 29.2 Å². The Labute approximate surface area is 103 Å². The lowest BCUT2D eigenvalue weighted by Gasteiger charge is -2.14. The summed E-state index contributed by atoms with van der Waals surface area (Å²) in [6.07, 6.45) is 7.17. The molecule has 0 saturated carbocycles. The maximum Gasteiger partial charge on any atom is 0.0167 e. The Kier molecular flexibility index (Phi) is 6.07. The molecule has 0 aromatic heterocycles. The van der Waals surface area contributed by atoms with E-state index in [1.54, 1.807) is 0 Å². The minimum absolute atomic E-state index is 0.501. The second-order valence-electron chi connectivity index (χ2n) is 3.86. The van der Waals surface area contributed by atoms with Crippen LogP contribution in [-0.2, 0) is 0 Å². The van der Waals surface area contributed by atoms with Crippen LogP contribution >= 0.6 is 11.8 Å². The maximum absolute atomic E-state index is 5.27. The average molecular weight is 233 g/mol. The quantitative estimate of drug-likeness (QED) is 0.598. The van der Waals surface area contributed by atoms with Crippen molar-refractivity contribution in [3.05, 3.63) is 29.8 Å². The number of rotatable bonds is 6. The van der Waals surface area contributed by atoms with E-state index >= 15 is 0 Å². The molecule has 1 aromatic carbocycles. The van der Waals surface area contributed by atoms with Crippen LogP contribution < -0.4 is 5.32 Å². The lowest BCUT2D eigenvalue weighted by molar-refractivity contribution is 0.582. The van der Waals surface area contributed by atoms with Crippen LogP contribution in [0.4, 0.5) is 0 Å². The van der Waals surface area contributed by atoms with Crippen molar-refractivity contribution < 1.29 is 0 Å². The predicted molar refractivity (Wildman–Crippen MR) is 72.8 cm³/mol. The van der Waals surface area contributed by atoms with Crippen LogP contribution in [0.25, 0.3) is 0 Å². The highest BCUT2D eigenvalue weighted by molar-refractivity contribution is 7.99. The largest absolute Gasteiger partial charge is 0.316 e. The summed E-state index contributed by atoms with van der Waals surface area (Å²) in [7, 11) is 2.00. The lowest BCUT2D eigenvalue weighted by atomic mass is 10.2. The van der Waals surface area contributed by atoms with Gasteiger partial charge in [0.1, 0.15) is 0 Å². The van der Waals surface area contributed by atoms with Gasteiger partial charge >= 0.3 is 0 Å². The van der Waals surface area contributed by atoms with Gasteiger partial charge in [-0.05, 0) is 32.5 Å². The van der Waals surface area contributed by atoms with Crippen LogP contribution in [-0.4, -0.2) is 18.8 Å². The van der Waals surface area contributed by atoms with Crippen LogP contribution in [0.5, 0.6) is 0 Å². The molecule has 1 atom stereocenters. The van der Waals surface area contributed by atoms with E-state index in [9.17, 15) is 0 Å². The third kappa shape index (κ3) is 4.74. The monoisotopic (exact) mass is 233 g/mol. The van der Waals surface area contributed by atoms with Crippen LogP contribution in [0, 0.1) is 19.3 Å². The Morgan fingerprint density at radius 2 is 2.31 bits per heavy atom. The van der Waals surface area contributed by atoms with Crippen molar-refractivity contribution in [3.63, 3.8) is 0 Å². The third-order valence-corrected chi connectivity index (χ3v) is 3.64. The number of hydrogen-bond donors (Lipinski definition) is 1. The van der Waals surface area contributed by atoms with Gasteiger partial charge in [-0.25, -0.2) is 0 Å². The van der Waals surface area contributed by atoms with Gasteiger partial charge in [-0.15, -0.1) is 24.1 Å². The van der Waals surface area contributed by atoms with E-state index in [0.29, 0.717) is 6.04 Å². The standard InChI is InChI=1S/C14H19NS/c1-4-5-8-13(15-3)11-16-14-9-6-7-12(2)10-14/h1,6-7,9-10,13,15H,5,8,11H2,2-3H3. The minimum atomic E-state index is 0.501. The Morgan fingerprint density at radius 3 is 2.94 bits per heavy atom. The number of terminal acetylenes is 1. The van der Waals surface area contributed by atoms with Crippen molar-refractivity contribution in [2.24, 2.45) is 0 Å². The number of hydrogen-bond acceptors (Lipinski definition) is 2. The van der Waals surface area contributed by atoms with Crippen LogP contribution in [0.2, 0.25) is 0 Å². The summed E-state index contributed by atoms with van der Waals surface area (Å²) < 4.78 is 0. The van der Waals surface area contributed by atoms with Crippen molar-refractivity contribution in [1.82, 2.24) is 5.32 Å². The molecule has 1 unspecified atom stereocenters. The molecule has 0 aliphatic carbocycles. The smallest absolute Gasteiger partial charge is 0.0167 e. The maximum atomic E-state index is 5.27. The zero-order valence-electron chi connectivity index (χ0n) is 9.99. The fourth-order valence-electron chi connectivity index (χ4n) is 1.47. The molecule has 1 rings (SSSR count). The van der Waals surface area contributed by atoms with Gasteiger partial charge < -0.3 is 5.32 Å². The van der Waals surface area contributed by atoms with Gasteiger partial charge in [0.05, 0.1) is 0 Å². The molecule has 0 fully saturated rings. The van der Waals surface area contributed by atoms with Gasteiger partial charge in [0.15, 0.2) is 0 Å². The summed E-state index contributed by atoms with van der Waals surface area (Å²) in [6.45, 7) is 2.12. The van der Waals surface area contributed by atoms with Crippen molar-refractivity contribution in [1.29, 1.82) is 0 Å². The molecule has 0 aliphatic heterocycles. The number of benzene rings is 1. The number of nitrogens with one attached hydrogen (secondary N) is 1. The van der Waals surface area contributed by atoms with Gasteiger partial charge in [0.25, 0.3) is 0 Å². The van der Waals surface area contributed by atoms with Gasteiger partial charge in [-0.1, -0.05) is 17.7 Å². The molecule has 0 spiro atoms. The number of aryl methyl sites for hydroxylation is 1. The molecular weight excluding hydrogens is 214 g/mol. The van der Waals surface area contributed by atoms with E-state index in [2.05, 4.69) is 42.4 Å². The molecule has 1 nitrogen and oxygen atoms in total. The minimum Gasteiger partial charge on any atom is -0.316 e. The molecule has 1 aromatic rings. The lowest BCUT2D eigenvalue weighted by Crippen LogP contribution is -2.27. The Morgan fingerprint density at radius 1 is 1.50 bits per heavy atom. The molecule has 1 N–H and O–H groups in total. The first kappa shape index (κ1) is 13.2. The summed E-state index contributed by atoms with van der Waals surface area (Å²) in [5.41, 5.74) is 1.31. The number of thioether (sulfide) groups is 1. The van der Waals surface area contributed by atoms with Crippen LogP contribution in [0.1, 0.15) is 18.4 Å². The molecule has 0 radical (unpaired) electrons. The summed E-state index contributed by atoms with van der Waals surface area (Å²) in [5, 5.41) is 3.31. The van der Waals surface area contributed by atoms with E-state index in [1.807, 2.05) is 18.8 Å². The fraction of sp³-hybridized carbons (Fsp3) is 0.429. The summed E-state index contributed by atoms with van der Waals surface area (Å²) in [5.74, 6) is 3.76. The topological polar surface area (TPSA) is 12.0 Å². The summed E-state index contributed by atoms with van der Waals surface area (Å²) >= 11 is 1.89.